The SMILES string of the molecule is Cc1cc(-c2ccc(NC(=O)Nc3cc(N4CCN(C)CC4)c4ccccc4n3)cc2C)cc(C)n1. The molecule has 2 amide bonds. The molecule has 1 aliphatic rings. The third-order valence-electron chi connectivity index (χ3n) is 6.66. The summed E-state index contributed by atoms with van der Waals surface area (Å²) in [5, 5.41) is 7.01. The highest BCUT2D eigenvalue weighted by molar-refractivity contribution is 6.02. The molecular formula is C29H32N6O. The van der Waals surface area contributed by atoms with Crippen LogP contribution in [0.4, 0.5) is 22.0 Å². The van der Waals surface area contributed by atoms with Gasteiger partial charge in [0.1, 0.15) is 5.82 Å². The van der Waals surface area contributed by atoms with Gasteiger partial charge in [0, 0.05) is 60.4 Å². The Bertz CT molecular complexity index is 1400. The van der Waals surface area contributed by atoms with Gasteiger partial charge in [-0.05, 0) is 74.8 Å². The smallest absolute Gasteiger partial charge is 0.324 e. The zero-order valence-corrected chi connectivity index (χ0v) is 21.3. The van der Waals surface area contributed by atoms with Gasteiger partial charge in [-0.25, -0.2) is 9.78 Å². The Morgan fingerprint density at radius 3 is 2.28 bits per heavy atom. The molecule has 0 spiro atoms. The normalized spacial score (nSPS) is 14.2. The van der Waals surface area contributed by atoms with Crippen molar-refractivity contribution in [2.45, 2.75) is 20.8 Å². The van der Waals surface area contributed by atoms with Crippen LogP contribution in [-0.2, 0) is 0 Å². The standard InChI is InChI=1S/C29H32N6O/c1-19-15-23(9-10-24(19)22-16-20(2)30-21(3)17-22)31-29(36)33-28-18-27(35-13-11-34(4)12-14-35)25-7-5-6-8-26(25)32-28/h5-10,15-18H,11-14H2,1-4H3,(H2,31,32,33,36). The number of hydrogen-bond donors (Lipinski definition) is 2. The summed E-state index contributed by atoms with van der Waals surface area (Å²) >= 11 is 0. The van der Waals surface area contributed by atoms with E-state index in [4.69, 9.17) is 4.98 Å². The topological polar surface area (TPSA) is 73.4 Å². The Kier molecular flexibility index (Phi) is 6.57. The first-order valence-electron chi connectivity index (χ1n) is 12.3. The van der Waals surface area contributed by atoms with Crippen molar-refractivity contribution in [1.82, 2.24) is 14.9 Å². The lowest BCUT2D eigenvalue weighted by Crippen LogP contribution is -2.44. The summed E-state index contributed by atoms with van der Waals surface area (Å²) < 4.78 is 0. The molecule has 3 heterocycles. The molecule has 0 bridgehead atoms. The van der Waals surface area contributed by atoms with E-state index < -0.39 is 0 Å². The number of benzene rings is 2. The summed E-state index contributed by atoms with van der Waals surface area (Å²) in [7, 11) is 2.15. The first kappa shape index (κ1) is 23.8. The summed E-state index contributed by atoms with van der Waals surface area (Å²) in [6, 6.07) is 19.9. The van der Waals surface area contributed by atoms with Crippen molar-refractivity contribution in [2.75, 3.05) is 48.8 Å². The number of nitrogens with zero attached hydrogens (tertiary/aromatic N) is 4. The highest BCUT2D eigenvalue weighted by Crippen LogP contribution is 2.30. The van der Waals surface area contributed by atoms with E-state index in [1.165, 1.54) is 0 Å². The van der Waals surface area contributed by atoms with Crippen LogP contribution in [0.1, 0.15) is 17.0 Å². The molecule has 184 valence electrons. The average molecular weight is 481 g/mol. The van der Waals surface area contributed by atoms with Crippen molar-refractivity contribution < 1.29 is 4.79 Å². The van der Waals surface area contributed by atoms with Crippen LogP contribution in [-0.4, -0.2) is 54.1 Å². The van der Waals surface area contributed by atoms with Crippen molar-refractivity contribution in [3.8, 4) is 11.1 Å². The van der Waals surface area contributed by atoms with Gasteiger partial charge in [-0.2, -0.15) is 0 Å². The maximum Gasteiger partial charge on any atom is 0.324 e. The molecule has 0 saturated carbocycles. The van der Waals surface area contributed by atoms with Crippen molar-refractivity contribution in [2.24, 2.45) is 0 Å². The molecule has 7 heteroatoms. The van der Waals surface area contributed by atoms with E-state index in [0.717, 1.165) is 76.5 Å². The molecule has 0 aliphatic carbocycles. The molecule has 36 heavy (non-hydrogen) atoms. The molecule has 0 unspecified atom stereocenters. The molecule has 5 rings (SSSR count). The number of likely N-dealkylation sites (N-methyl/N-ethyl adjacent to an activating group) is 1. The molecule has 1 fully saturated rings. The lowest BCUT2D eigenvalue weighted by molar-refractivity contribution is 0.262. The molecule has 2 aromatic carbocycles. The lowest BCUT2D eigenvalue weighted by atomic mass is 9.99. The molecule has 7 nitrogen and oxygen atoms in total. The van der Waals surface area contributed by atoms with Gasteiger partial charge in [0.25, 0.3) is 0 Å². The molecule has 2 aromatic heterocycles. The van der Waals surface area contributed by atoms with E-state index in [1.54, 1.807) is 0 Å². The second kappa shape index (κ2) is 9.95. The Morgan fingerprint density at radius 2 is 1.56 bits per heavy atom. The summed E-state index contributed by atoms with van der Waals surface area (Å²) in [4.78, 5) is 26.8. The molecule has 1 saturated heterocycles. The van der Waals surface area contributed by atoms with Gasteiger partial charge >= 0.3 is 6.03 Å². The van der Waals surface area contributed by atoms with Gasteiger partial charge < -0.3 is 15.1 Å². The Hall–Kier alpha value is -3.97. The largest absolute Gasteiger partial charge is 0.368 e. The number of aryl methyl sites for hydroxylation is 3. The first-order chi connectivity index (χ1) is 17.4. The van der Waals surface area contributed by atoms with Crippen LogP contribution < -0.4 is 15.5 Å². The van der Waals surface area contributed by atoms with E-state index >= 15 is 0 Å². The number of nitrogens with one attached hydrogen (secondary N) is 2. The van der Waals surface area contributed by atoms with Crippen LogP contribution in [0.15, 0.2) is 60.7 Å². The number of rotatable bonds is 4. The Labute approximate surface area is 212 Å². The number of fused-ring (bicyclic) bond motifs is 1. The zero-order chi connectivity index (χ0) is 25.2. The first-order valence-corrected chi connectivity index (χ1v) is 12.3. The van der Waals surface area contributed by atoms with Crippen LogP contribution in [0.25, 0.3) is 22.0 Å². The summed E-state index contributed by atoms with van der Waals surface area (Å²) in [5.41, 5.74) is 8.03. The third-order valence-corrected chi connectivity index (χ3v) is 6.66. The lowest BCUT2D eigenvalue weighted by Gasteiger charge is -2.34. The third kappa shape index (κ3) is 5.16. The molecule has 4 aromatic rings. The average Bonchev–Trinajstić information content (AvgIpc) is 2.83. The maximum absolute atomic E-state index is 12.9. The van der Waals surface area contributed by atoms with Crippen molar-refractivity contribution >= 4 is 34.1 Å². The number of pyridine rings is 2. The predicted molar refractivity (Wildman–Crippen MR) is 148 cm³/mol. The van der Waals surface area contributed by atoms with Gasteiger partial charge in [0.2, 0.25) is 0 Å². The fourth-order valence-electron chi connectivity index (χ4n) is 4.86. The molecular weight excluding hydrogens is 448 g/mol. The highest BCUT2D eigenvalue weighted by atomic mass is 16.2. The second-order valence-corrected chi connectivity index (χ2v) is 9.58. The van der Waals surface area contributed by atoms with E-state index in [2.05, 4.69) is 57.6 Å². The fraction of sp³-hybridized carbons (Fsp3) is 0.276. The van der Waals surface area contributed by atoms with Crippen molar-refractivity contribution in [3.05, 3.63) is 77.6 Å². The van der Waals surface area contributed by atoms with Gasteiger partial charge in [-0.15, -0.1) is 0 Å². The van der Waals surface area contributed by atoms with Crippen LogP contribution in [0.2, 0.25) is 0 Å². The van der Waals surface area contributed by atoms with Crippen molar-refractivity contribution in [1.29, 1.82) is 0 Å². The number of carbonyl (C=O) groups excluding carboxylic acids is 1. The number of anilines is 3. The van der Waals surface area contributed by atoms with Crippen molar-refractivity contribution in [3.63, 3.8) is 0 Å². The number of carbonyl (C=O) groups is 1. The van der Waals surface area contributed by atoms with E-state index in [1.807, 2.05) is 56.3 Å². The zero-order valence-electron chi connectivity index (χ0n) is 21.3. The number of hydrogen-bond acceptors (Lipinski definition) is 5. The Morgan fingerprint density at radius 1 is 0.833 bits per heavy atom. The summed E-state index contributed by atoms with van der Waals surface area (Å²) in [6.45, 7) is 9.96. The van der Waals surface area contributed by atoms with Gasteiger partial charge in [-0.1, -0.05) is 24.3 Å². The monoisotopic (exact) mass is 480 g/mol. The predicted octanol–water partition coefficient (Wildman–Crippen LogP) is 5.62. The number of urea groups is 1. The maximum atomic E-state index is 12.9. The van der Waals surface area contributed by atoms with Crippen LogP contribution >= 0.6 is 0 Å². The minimum atomic E-state index is -0.315. The Balaban J connectivity index is 1.35. The van der Waals surface area contributed by atoms with Gasteiger partial charge in [0.15, 0.2) is 0 Å². The summed E-state index contributed by atoms with van der Waals surface area (Å²) in [6.07, 6.45) is 0. The number of para-hydroxylation sites is 1. The van der Waals surface area contributed by atoms with E-state index in [0.29, 0.717) is 5.82 Å². The fourth-order valence-corrected chi connectivity index (χ4v) is 4.86. The van der Waals surface area contributed by atoms with Crippen LogP contribution in [0.5, 0.6) is 0 Å². The minimum Gasteiger partial charge on any atom is -0.368 e. The van der Waals surface area contributed by atoms with E-state index in [-0.39, 0.29) is 6.03 Å². The van der Waals surface area contributed by atoms with Crippen LogP contribution in [0, 0.1) is 20.8 Å². The van der Waals surface area contributed by atoms with Crippen LogP contribution in [0.3, 0.4) is 0 Å². The number of amides is 2. The molecule has 1 aliphatic heterocycles. The second-order valence-electron chi connectivity index (χ2n) is 9.58. The quantitative estimate of drug-likeness (QED) is 0.397. The number of aromatic nitrogens is 2. The van der Waals surface area contributed by atoms with E-state index in [9.17, 15) is 4.79 Å². The van der Waals surface area contributed by atoms with Gasteiger partial charge in [0.05, 0.1) is 5.52 Å². The molecule has 0 atom stereocenters. The van der Waals surface area contributed by atoms with Gasteiger partial charge in [-0.3, -0.25) is 10.3 Å². The summed E-state index contributed by atoms with van der Waals surface area (Å²) in [5.74, 6) is 0.538. The molecule has 2 N–H and O–H groups in total. The number of piperazine rings is 1. The highest BCUT2D eigenvalue weighted by Gasteiger charge is 2.18. The molecule has 0 radical (unpaired) electrons. The minimum absolute atomic E-state index is 0.315.